The van der Waals surface area contributed by atoms with Crippen molar-refractivity contribution in [3.8, 4) is 5.75 Å². The van der Waals surface area contributed by atoms with Crippen molar-refractivity contribution in [1.29, 1.82) is 0 Å². The second-order valence-corrected chi connectivity index (χ2v) is 7.26. The Morgan fingerprint density at radius 3 is 2.04 bits per heavy atom. The van der Waals surface area contributed by atoms with Crippen LogP contribution < -0.4 is 9.64 Å². The molecular weight excluding hydrogens is 342 g/mol. The van der Waals surface area contributed by atoms with E-state index in [4.69, 9.17) is 4.74 Å². The third kappa shape index (κ3) is 2.42. The first kappa shape index (κ1) is 16.0. The van der Waals surface area contributed by atoms with Gasteiger partial charge in [0.25, 0.3) is 0 Å². The number of fused-ring (bicyclic) bond motifs is 5. The first-order valence-electron chi connectivity index (χ1n) is 9.07. The lowest BCUT2D eigenvalue weighted by Gasteiger charge is -2.17. The minimum atomic E-state index is -0.450. The van der Waals surface area contributed by atoms with Gasteiger partial charge in [-0.25, -0.2) is 4.79 Å². The Kier molecular flexibility index (Phi) is 3.50. The van der Waals surface area contributed by atoms with Crippen LogP contribution in [0.2, 0.25) is 0 Å². The molecule has 27 heavy (non-hydrogen) atoms. The summed E-state index contributed by atoms with van der Waals surface area (Å²) in [5.41, 5.74) is 0.987. The first-order chi connectivity index (χ1) is 13.1. The van der Waals surface area contributed by atoms with Crippen LogP contribution in [-0.2, 0) is 9.59 Å². The van der Waals surface area contributed by atoms with Gasteiger partial charge in [0.05, 0.1) is 23.1 Å². The molecule has 1 saturated heterocycles. The van der Waals surface area contributed by atoms with Crippen molar-refractivity contribution in [3.05, 3.63) is 72.3 Å². The maximum Gasteiger partial charge on any atom is 0.343 e. The van der Waals surface area contributed by atoms with Crippen LogP contribution in [0.4, 0.5) is 5.69 Å². The van der Waals surface area contributed by atoms with Gasteiger partial charge in [-0.1, -0.05) is 30.4 Å². The maximum atomic E-state index is 12.8. The lowest BCUT2D eigenvalue weighted by Crippen LogP contribution is -2.32. The van der Waals surface area contributed by atoms with Gasteiger partial charge in [0, 0.05) is 0 Å². The highest BCUT2D eigenvalue weighted by molar-refractivity contribution is 6.22. The van der Waals surface area contributed by atoms with Crippen molar-refractivity contribution in [2.24, 2.45) is 23.7 Å². The Balaban J connectivity index is 1.35. The topological polar surface area (TPSA) is 63.7 Å². The Hall–Kier alpha value is -3.21. The molecule has 1 saturated carbocycles. The quantitative estimate of drug-likeness (QED) is 0.365. The summed E-state index contributed by atoms with van der Waals surface area (Å²) in [5.74, 6) is -0.375. The van der Waals surface area contributed by atoms with E-state index in [-0.39, 0.29) is 35.5 Å². The molecule has 2 amide bonds. The number of allylic oxidation sites excluding steroid dienone is 2. The molecule has 2 aromatic rings. The van der Waals surface area contributed by atoms with Gasteiger partial charge >= 0.3 is 5.97 Å². The van der Waals surface area contributed by atoms with Crippen LogP contribution in [0.25, 0.3) is 0 Å². The Morgan fingerprint density at radius 2 is 1.44 bits per heavy atom. The van der Waals surface area contributed by atoms with E-state index in [1.54, 1.807) is 48.5 Å². The third-order valence-electron chi connectivity index (χ3n) is 5.79. The summed E-state index contributed by atoms with van der Waals surface area (Å²) in [5, 5.41) is 0. The number of benzene rings is 2. The third-order valence-corrected chi connectivity index (χ3v) is 5.79. The normalized spacial score (nSPS) is 27.9. The molecule has 5 rings (SSSR count). The van der Waals surface area contributed by atoms with Crippen LogP contribution in [0.15, 0.2) is 66.7 Å². The van der Waals surface area contributed by atoms with Crippen molar-refractivity contribution < 1.29 is 19.1 Å². The number of hydrogen-bond acceptors (Lipinski definition) is 4. The van der Waals surface area contributed by atoms with E-state index in [0.717, 1.165) is 6.42 Å². The second-order valence-electron chi connectivity index (χ2n) is 7.26. The van der Waals surface area contributed by atoms with Crippen LogP contribution in [0.1, 0.15) is 16.8 Å². The summed E-state index contributed by atoms with van der Waals surface area (Å²) in [6, 6.07) is 15.2. The summed E-state index contributed by atoms with van der Waals surface area (Å²) in [7, 11) is 0. The van der Waals surface area contributed by atoms with Gasteiger partial charge in [-0.05, 0) is 54.7 Å². The number of hydrogen-bond donors (Lipinski definition) is 0. The molecule has 0 unspecified atom stereocenters. The van der Waals surface area contributed by atoms with Crippen LogP contribution in [0.3, 0.4) is 0 Å². The first-order valence-corrected chi connectivity index (χ1v) is 9.07. The number of carbonyl (C=O) groups is 3. The number of imide groups is 1. The van der Waals surface area contributed by atoms with E-state index in [1.807, 2.05) is 6.07 Å². The molecule has 1 heterocycles. The number of anilines is 1. The summed E-state index contributed by atoms with van der Waals surface area (Å²) in [4.78, 5) is 39.1. The fourth-order valence-electron chi connectivity index (χ4n) is 4.56. The van der Waals surface area contributed by atoms with Crippen LogP contribution in [0, 0.1) is 23.7 Å². The smallest absolute Gasteiger partial charge is 0.343 e. The summed E-state index contributed by atoms with van der Waals surface area (Å²) < 4.78 is 5.35. The highest BCUT2D eigenvalue weighted by atomic mass is 16.5. The fourth-order valence-corrected chi connectivity index (χ4v) is 4.56. The zero-order valence-corrected chi connectivity index (χ0v) is 14.4. The van der Waals surface area contributed by atoms with Crippen molar-refractivity contribution in [2.75, 3.05) is 4.90 Å². The highest BCUT2D eigenvalue weighted by Gasteiger charge is 2.59. The number of ether oxygens (including phenoxy) is 1. The van der Waals surface area contributed by atoms with Gasteiger partial charge < -0.3 is 4.74 Å². The van der Waals surface area contributed by atoms with Gasteiger partial charge in [-0.3, -0.25) is 14.5 Å². The van der Waals surface area contributed by atoms with Crippen LogP contribution >= 0.6 is 0 Å². The van der Waals surface area contributed by atoms with Crippen LogP contribution in [-0.4, -0.2) is 17.8 Å². The molecule has 5 heteroatoms. The van der Waals surface area contributed by atoms with Crippen LogP contribution in [0.5, 0.6) is 5.75 Å². The van der Waals surface area contributed by atoms with E-state index >= 15 is 0 Å². The summed E-state index contributed by atoms with van der Waals surface area (Å²) in [6.07, 6.45) is 5.06. The largest absolute Gasteiger partial charge is 0.423 e. The highest BCUT2D eigenvalue weighted by Crippen LogP contribution is 2.53. The second kappa shape index (κ2) is 5.91. The molecule has 0 N–H and O–H groups in total. The molecule has 2 aliphatic carbocycles. The molecule has 2 fully saturated rings. The molecule has 5 nitrogen and oxygen atoms in total. The van der Waals surface area contributed by atoms with Crippen molar-refractivity contribution >= 4 is 23.5 Å². The molecule has 4 atom stereocenters. The molecule has 134 valence electrons. The zero-order chi connectivity index (χ0) is 18.5. The zero-order valence-electron chi connectivity index (χ0n) is 14.4. The summed E-state index contributed by atoms with van der Waals surface area (Å²) >= 11 is 0. The predicted octanol–water partition coefficient (Wildman–Crippen LogP) is 3.22. The monoisotopic (exact) mass is 359 g/mol. The molecule has 0 radical (unpaired) electrons. The SMILES string of the molecule is O=C(Oc1ccc(N2C(=O)[C@@H]3[C@@H](C2=O)[C@H]2C=C[C@@H]3C2)cc1)c1ccccc1. The van der Waals surface area contributed by atoms with E-state index in [2.05, 4.69) is 12.2 Å². The van der Waals surface area contributed by atoms with Gasteiger partial charge in [-0.2, -0.15) is 0 Å². The van der Waals surface area contributed by atoms with Gasteiger partial charge in [0.2, 0.25) is 11.8 Å². The molecule has 0 aromatic heterocycles. The Bertz CT molecular complexity index is 934. The summed E-state index contributed by atoms with van der Waals surface area (Å²) in [6.45, 7) is 0. The fraction of sp³-hybridized carbons (Fsp3) is 0.227. The number of rotatable bonds is 3. The molecule has 1 aliphatic heterocycles. The minimum absolute atomic E-state index is 0.115. The molecule has 3 aliphatic rings. The Morgan fingerprint density at radius 1 is 0.852 bits per heavy atom. The van der Waals surface area contributed by atoms with Gasteiger partial charge in [0.15, 0.2) is 0 Å². The number of nitrogens with zero attached hydrogens (tertiary/aromatic N) is 1. The lowest BCUT2D eigenvalue weighted by molar-refractivity contribution is -0.123. The number of amides is 2. The van der Waals surface area contributed by atoms with E-state index in [0.29, 0.717) is 17.0 Å². The van der Waals surface area contributed by atoms with Crippen molar-refractivity contribution in [3.63, 3.8) is 0 Å². The molecule has 0 spiro atoms. The molecule has 2 aromatic carbocycles. The number of esters is 1. The number of carbonyl (C=O) groups excluding carboxylic acids is 3. The minimum Gasteiger partial charge on any atom is -0.423 e. The van der Waals surface area contributed by atoms with E-state index in [1.165, 1.54) is 4.90 Å². The van der Waals surface area contributed by atoms with Gasteiger partial charge in [0.1, 0.15) is 5.75 Å². The maximum absolute atomic E-state index is 12.8. The average molecular weight is 359 g/mol. The lowest BCUT2D eigenvalue weighted by atomic mass is 9.85. The molecular formula is C22H17NO4. The van der Waals surface area contributed by atoms with Crippen molar-refractivity contribution in [1.82, 2.24) is 0 Å². The predicted molar refractivity (Wildman–Crippen MR) is 98.1 cm³/mol. The Labute approximate surface area is 156 Å². The van der Waals surface area contributed by atoms with E-state index < -0.39 is 5.97 Å². The van der Waals surface area contributed by atoms with Crippen molar-refractivity contribution in [2.45, 2.75) is 6.42 Å². The standard InChI is InChI=1S/C22H17NO4/c24-20-18-14-6-7-15(12-14)19(18)21(25)23(20)16-8-10-17(11-9-16)27-22(26)13-4-2-1-3-5-13/h1-11,14-15,18-19H,12H2/t14-,15+,18-,19-/m0/s1. The van der Waals surface area contributed by atoms with Gasteiger partial charge in [-0.15, -0.1) is 0 Å². The van der Waals surface area contributed by atoms with E-state index in [9.17, 15) is 14.4 Å². The average Bonchev–Trinajstić information content (AvgIpc) is 3.37. The molecule has 2 bridgehead atoms.